The molecule has 2 aromatic carbocycles. The number of hydrogen-bond donors (Lipinski definition) is 0. The van der Waals surface area contributed by atoms with E-state index in [0.29, 0.717) is 11.3 Å². The zero-order chi connectivity index (χ0) is 13.4. The lowest BCUT2D eigenvalue weighted by molar-refractivity contribution is -0.117. The second kappa shape index (κ2) is 4.35. The summed E-state index contributed by atoms with van der Waals surface area (Å²) >= 11 is 0. The highest BCUT2D eigenvalue weighted by Gasteiger charge is 2.30. The molecule has 0 spiro atoms. The van der Waals surface area contributed by atoms with Gasteiger partial charge in [-0.3, -0.25) is 14.5 Å². The van der Waals surface area contributed by atoms with Gasteiger partial charge in [-0.05, 0) is 31.2 Å². The molecule has 0 aliphatic carbocycles. The van der Waals surface area contributed by atoms with E-state index >= 15 is 0 Å². The smallest absolute Gasteiger partial charge is 0.239 e. The van der Waals surface area contributed by atoms with Crippen molar-refractivity contribution in [3.05, 3.63) is 59.7 Å². The third-order valence-corrected chi connectivity index (χ3v) is 3.27. The summed E-state index contributed by atoms with van der Waals surface area (Å²) in [6.07, 6.45) is -0.0641. The number of rotatable bonds is 1. The summed E-state index contributed by atoms with van der Waals surface area (Å²) in [5.41, 5.74) is 3.13. The number of benzene rings is 2. The molecule has 0 bridgehead atoms. The van der Waals surface area contributed by atoms with Crippen LogP contribution in [0.5, 0.6) is 0 Å². The molecule has 1 amide bonds. The molecule has 0 saturated heterocycles. The van der Waals surface area contributed by atoms with Crippen molar-refractivity contribution < 1.29 is 9.59 Å². The van der Waals surface area contributed by atoms with Gasteiger partial charge in [-0.2, -0.15) is 0 Å². The first kappa shape index (κ1) is 11.7. The van der Waals surface area contributed by atoms with E-state index in [-0.39, 0.29) is 18.1 Å². The maximum Gasteiger partial charge on any atom is 0.239 e. The molecular formula is C16H13NO2. The van der Waals surface area contributed by atoms with Crippen molar-refractivity contribution in [2.45, 2.75) is 13.3 Å². The lowest BCUT2D eigenvalue weighted by atomic mass is 9.97. The molecule has 0 atom stereocenters. The van der Waals surface area contributed by atoms with Crippen LogP contribution in [-0.4, -0.2) is 11.7 Å². The topological polar surface area (TPSA) is 37.4 Å². The van der Waals surface area contributed by atoms with Gasteiger partial charge in [0, 0.05) is 11.3 Å². The number of para-hydroxylation sites is 1. The van der Waals surface area contributed by atoms with Gasteiger partial charge in [-0.1, -0.05) is 29.8 Å². The number of ketones is 1. The number of amides is 1. The van der Waals surface area contributed by atoms with Gasteiger partial charge in [-0.15, -0.1) is 0 Å². The maximum absolute atomic E-state index is 12.2. The van der Waals surface area contributed by atoms with Crippen LogP contribution in [0, 0.1) is 6.92 Å². The first-order chi connectivity index (χ1) is 9.16. The Morgan fingerprint density at radius 3 is 2.47 bits per heavy atom. The van der Waals surface area contributed by atoms with Gasteiger partial charge in [0.25, 0.3) is 0 Å². The van der Waals surface area contributed by atoms with Crippen LogP contribution in [0.3, 0.4) is 0 Å². The van der Waals surface area contributed by atoms with E-state index in [0.717, 1.165) is 11.3 Å². The van der Waals surface area contributed by atoms with E-state index in [1.165, 1.54) is 0 Å². The van der Waals surface area contributed by atoms with Crippen molar-refractivity contribution >= 4 is 23.1 Å². The third kappa shape index (κ3) is 1.93. The molecule has 0 aromatic heterocycles. The van der Waals surface area contributed by atoms with Crippen molar-refractivity contribution in [1.29, 1.82) is 0 Å². The van der Waals surface area contributed by atoms with Crippen LogP contribution in [0.4, 0.5) is 11.4 Å². The Hall–Kier alpha value is -2.42. The summed E-state index contributed by atoms with van der Waals surface area (Å²) in [5, 5.41) is 0. The van der Waals surface area contributed by atoms with E-state index in [2.05, 4.69) is 0 Å². The molecule has 2 aromatic rings. The first-order valence-electron chi connectivity index (χ1n) is 6.18. The number of Topliss-reactive ketones (excluding diaryl/α,β-unsaturated/α-hetero) is 1. The molecule has 3 nitrogen and oxygen atoms in total. The van der Waals surface area contributed by atoms with Crippen LogP contribution in [0.15, 0.2) is 48.5 Å². The summed E-state index contributed by atoms with van der Waals surface area (Å²) in [6.45, 7) is 1.94. The lowest BCUT2D eigenvalue weighted by Crippen LogP contribution is -2.33. The summed E-state index contributed by atoms with van der Waals surface area (Å²) < 4.78 is 0. The Morgan fingerprint density at radius 1 is 1.00 bits per heavy atom. The van der Waals surface area contributed by atoms with Crippen molar-refractivity contribution in [3.63, 3.8) is 0 Å². The molecule has 0 saturated carbocycles. The second-order valence-corrected chi connectivity index (χ2v) is 4.69. The minimum absolute atomic E-state index is 0.0641. The number of aryl methyl sites for hydroxylation is 1. The van der Waals surface area contributed by atoms with Gasteiger partial charge in [0.15, 0.2) is 5.78 Å². The molecule has 0 fully saturated rings. The number of carbonyl (C=O) groups is 2. The van der Waals surface area contributed by atoms with Gasteiger partial charge in [0.2, 0.25) is 5.91 Å². The summed E-state index contributed by atoms with van der Waals surface area (Å²) in [5.74, 6) is -0.275. The molecule has 3 heteroatoms. The van der Waals surface area contributed by atoms with Crippen molar-refractivity contribution in [2.24, 2.45) is 0 Å². The maximum atomic E-state index is 12.2. The average molecular weight is 251 g/mol. The van der Waals surface area contributed by atoms with Crippen LogP contribution in [0.25, 0.3) is 0 Å². The molecule has 3 rings (SSSR count). The molecule has 19 heavy (non-hydrogen) atoms. The lowest BCUT2D eigenvalue weighted by Gasteiger charge is -2.28. The number of carbonyl (C=O) groups excluding carboxylic acids is 2. The quantitative estimate of drug-likeness (QED) is 0.729. The van der Waals surface area contributed by atoms with Crippen LogP contribution in [0.1, 0.15) is 22.3 Å². The first-order valence-corrected chi connectivity index (χ1v) is 6.18. The highest BCUT2D eigenvalue weighted by molar-refractivity contribution is 6.22. The highest BCUT2D eigenvalue weighted by atomic mass is 16.2. The van der Waals surface area contributed by atoms with Crippen molar-refractivity contribution in [2.75, 3.05) is 4.90 Å². The van der Waals surface area contributed by atoms with Crippen LogP contribution in [-0.2, 0) is 4.79 Å². The Balaban J connectivity index is 2.19. The molecule has 1 aliphatic heterocycles. The van der Waals surface area contributed by atoms with E-state index in [1.807, 2.05) is 55.5 Å². The molecule has 0 radical (unpaired) electrons. The number of fused-ring (bicyclic) bond motifs is 1. The van der Waals surface area contributed by atoms with Crippen LogP contribution < -0.4 is 4.90 Å². The number of hydrogen-bond acceptors (Lipinski definition) is 2. The molecule has 94 valence electrons. The Kier molecular flexibility index (Phi) is 2.67. The van der Waals surface area contributed by atoms with Crippen LogP contribution >= 0.6 is 0 Å². The monoisotopic (exact) mass is 251 g/mol. The van der Waals surface area contributed by atoms with E-state index in [1.54, 1.807) is 4.90 Å². The number of anilines is 2. The molecule has 0 unspecified atom stereocenters. The minimum Gasteiger partial charge on any atom is -0.294 e. The van der Waals surface area contributed by atoms with E-state index in [9.17, 15) is 9.59 Å². The predicted octanol–water partition coefficient (Wildman–Crippen LogP) is 3.25. The Labute approximate surface area is 111 Å². The molecule has 1 aliphatic rings. The highest BCUT2D eigenvalue weighted by Crippen LogP contribution is 2.34. The standard InChI is InChI=1S/C16H13NO2/c1-11-7-8-14-13(9-11)15(18)10-16(19)17(14)12-5-3-2-4-6-12/h2-9H,10H2,1H3. The molecular weight excluding hydrogens is 238 g/mol. The predicted molar refractivity (Wildman–Crippen MR) is 73.7 cm³/mol. The molecule has 0 N–H and O–H groups in total. The fraction of sp³-hybridized carbons (Fsp3) is 0.125. The normalized spacial score (nSPS) is 14.5. The Bertz CT molecular complexity index is 662. The minimum atomic E-state index is -0.174. The van der Waals surface area contributed by atoms with Crippen molar-refractivity contribution in [1.82, 2.24) is 0 Å². The zero-order valence-corrected chi connectivity index (χ0v) is 10.6. The second-order valence-electron chi connectivity index (χ2n) is 4.69. The average Bonchev–Trinajstić information content (AvgIpc) is 2.41. The third-order valence-electron chi connectivity index (χ3n) is 3.27. The van der Waals surface area contributed by atoms with Gasteiger partial charge in [-0.25, -0.2) is 0 Å². The fourth-order valence-electron chi connectivity index (χ4n) is 2.37. The summed E-state index contributed by atoms with van der Waals surface area (Å²) in [6, 6.07) is 15.0. The number of nitrogens with zero attached hydrogens (tertiary/aromatic N) is 1. The van der Waals surface area contributed by atoms with E-state index < -0.39 is 0 Å². The molecule has 1 heterocycles. The van der Waals surface area contributed by atoms with Gasteiger partial charge < -0.3 is 0 Å². The SMILES string of the molecule is Cc1ccc2c(c1)C(=O)CC(=O)N2c1ccccc1. The van der Waals surface area contributed by atoms with Crippen molar-refractivity contribution in [3.8, 4) is 0 Å². The summed E-state index contributed by atoms with van der Waals surface area (Å²) in [4.78, 5) is 25.8. The zero-order valence-electron chi connectivity index (χ0n) is 10.6. The van der Waals surface area contributed by atoms with Gasteiger partial charge in [0.1, 0.15) is 0 Å². The largest absolute Gasteiger partial charge is 0.294 e. The van der Waals surface area contributed by atoms with E-state index in [4.69, 9.17) is 0 Å². The van der Waals surface area contributed by atoms with Gasteiger partial charge >= 0.3 is 0 Å². The van der Waals surface area contributed by atoms with Crippen LogP contribution in [0.2, 0.25) is 0 Å². The summed E-state index contributed by atoms with van der Waals surface area (Å²) in [7, 11) is 0. The Morgan fingerprint density at radius 2 is 1.74 bits per heavy atom. The van der Waals surface area contributed by atoms with Gasteiger partial charge in [0.05, 0.1) is 12.1 Å². The fourth-order valence-corrected chi connectivity index (χ4v) is 2.37.